The second kappa shape index (κ2) is 6.23. The van der Waals surface area contributed by atoms with E-state index in [0.29, 0.717) is 13.0 Å². The number of nitrogen functional groups attached to an aromatic ring is 1. The standard InChI is InChI=1S/C13H20N2O4S/c1-9(16)4-5-15(2)13(17)10-6-11(14)8-12(7-10)20(3,18)19/h6-9,16H,4-5,14H2,1-3H3. The SMILES string of the molecule is CC(O)CCN(C)C(=O)c1cc(N)cc(S(C)(=O)=O)c1. The molecule has 0 spiro atoms. The predicted octanol–water partition coefficient (Wildman–Crippen LogP) is 0.515. The van der Waals surface area contributed by atoms with Crippen LogP contribution < -0.4 is 5.73 Å². The molecule has 0 fully saturated rings. The molecule has 20 heavy (non-hydrogen) atoms. The van der Waals surface area contributed by atoms with Crippen LogP contribution in [0.4, 0.5) is 5.69 Å². The summed E-state index contributed by atoms with van der Waals surface area (Å²) in [6.45, 7) is 2.01. The van der Waals surface area contributed by atoms with Gasteiger partial charge in [0.15, 0.2) is 9.84 Å². The number of nitrogens with zero attached hydrogens (tertiary/aromatic N) is 1. The Morgan fingerprint density at radius 1 is 1.40 bits per heavy atom. The van der Waals surface area contributed by atoms with Gasteiger partial charge in [-0.3, -0.25) is 4.79 Å². The quantitative estimate of drug-likeness (QED) is 0.772. The van der Waals surface area contributed by atoms with Crippen molar-refractivity contribution >= 4 is 21.4 Å². The highest BCUT2D eigenvalue weighted by Gasteiger charge is 2.16. The molecule has 0 saturated carbocycles. The fourth-order valence-electron chi connectivity index (χ4n) is 1.66. The number of aliphatic hydroxyl groups excluding tert-OH is 1. The van der Waals surface area contributed by atoms with Gasteiger partial charge in [-0.2, -0.15) is 0 Å². The van der Waals surface area contributed by atoms with Crippen molar-refractivity contribution in [2.75, 3.05) is 25.6 Å². The Balaban J connectivity index is 3.02. The average molecular weight is 300 g/mol. The van der Waals surface area contributed by atoms with Crippen LogP contribution in [0.3, 0.4) is 0 Å². The maximum absolute atomic E-state index is 12.2. The van der Waals surface area contributed by atoms with Gasteiger partial charge in [-0.25, -0.2) is 8.42 Å². The first-order valence-electron chi connectivity index (χ1n) is 6.15. The number of sulfone groups is 1. The van der Waals surface area contributed by atoms with E-state index in [9.17, 15) is 18.3 Å². The molecule has 1 amide bonds. The molecule has 1 aromatic carbocycles. The number of amides is 1. The van der Waals surface area contributed by atoms with Crippen molar-refractivity contribution in [3.8, 4) is 0 Å². The highest BCUT2D eigenvalue weighted by atomic mass is 32.2. The molecule has 1 unspecified atom stereocenters. The van der Waals surface area contributed by atoms with Gasteiger partial charge in [0.05, 0.1) is 11.0 Å². The normalized spacial score (nSPS) is 13.0. The first-order valence-corrected chi connectivity index (χ1v) is 8.04. The van der Waals surface area contributed by atoms with E-state index in [4.69, 9.17) is 5.73 Å². The molecule has 0 radical (unpaired) electrons. The summed E-state index contributed by atoms with van der Waals surface area (Å²) in [5, 5.41) is 9.21. The monoisotopic (exact) mass is 300 g/mol. The van der Waals surface area contributed by atoms with Gasteiger partial charge in [0.1, 0.15) is 0 Å². The van der Waals surface area contributed by atoms with Gasteiger partial charge in [-0.1, -0.05) is 0 Å². The molecule has 1 rings (SSSR count). The fraction of sp³-hybridized carbons (Fsp3) is 0.462. The molecule has 7 heteroatoms. The van der Waals surface area contributed by atoms with E-state index in [1.807, 2.05) is 0 Å². The predicted molar refractivity (Wildman–Crippen MR) is 77.2 cm³/mol. The summed E-state index contributed by atoms with van der Waals surface area (Å²) in [6, 6.07) is 4.07. The molecule has 0 aliphatic carbocycles. The molecule has 0 saturated heterocycles. The summed E-state index contributed by atoms with van der Waals surface area (Å²) < 4.78 is 23.1. The first kappa shape index (κ1) is 16.5. The van der Waals surface area contributed by atoms with Crippen molar-refractivity contribution < 1.29 is 18.3 Å². The van der Waals surface area contributed by atoms with Gasteiger partial charge in [0.25, 0.3) is 5.91 Å². The molecule has 1 atom stereocenters. The maximum atomic E-state index is 12.2. The molecule has 0 aliphatic heterocycles. The van der Waals surface area contributed by atoms with Crippen LogP contribution in [-0.4, -0.2) is 50.3 Å². The Morgan fingerprint density at radius 3 is 2.50 bits per heavy atom. The number of hydrogen-bond acceptors (Lipinski definition) is 5. The summed E-state index contributed by atoms with van der Waals surface area (Å²) in [7, 11) is -1.83. The number of hydrogen-bond donors (Lipinski definition) is 2. The summed E-state index contributed by atoms with van der Waals surface area (Å²) in [4.78, 5) is 13.6. The third-order valence-electron chi connectivity index (χ3n) is 2.83. The minimum Gasteiger partial charge on any atom is -0.399 e. The van der Waals surface area contributed by atoms with Crippen molar-refractivity contribution in [2.45, 2.75) is 24.3 Å². The number of nitrogens with two attached hydrogens (primary N) is 1. The molecule has 0 bridgehead atoms. The Hall–Kier alpha value is -1.60. The van der Waals surface area contributed by atoms with Crippen LogP contribution in [-0.2, 0) is 9.84 Å². The van der Waals surface area contributed by atoms with E-state index in [-0.39, 0.29) is 22.1 Å². The van der Waals surface area contributed by atoms with Gasteiger partial charge < -0.3 is 15.7 Å². The zero-order valence-electron chi connectivity index (χ0n) is 11.8. The first-order chi connectivity index (χ1) is 9.11. The number of aliphatic hydroxyl groups is 1. The van der Waals surface area contributed by atoms with E-state index in [1.165, 1.54) is 23.1 Å². The van der Waals surface area contributed by atoms with Crippen LogP contribution >= 0.6 is 0 Å². The van der Waals surface area contributed by atoms with E-state index in [0.717, 1.165) is 6.26 Å². The summed E-state index contributed by atoms with van der Waals surface area (Å²) in [5.41, 5.74) is 6.08. The minimum absolute atomic E-state index is 0.0183. The largest absolute Gasteiger partial charge is 0.399 e. The third kappa shape index (κ3) is 4.50. The Bertz CT molecular complexity index is 596. The molecule has 0 aliphatic rings. The molecular weight excluding hydrogens is 280 g/mol. The Labute approximate surface area is 119 Å². The van der Waals surface area contributed by atoms with Crippen molar-refractivity contribution in [1.82, 2.24) is 4.90 Å². The zero-order chi connectivity index (χ0) is 15.5. The molecule has 0 heterocycles. The van der Waals surface area contributed by atoms with E-state index < -0.39 is 15.9 Å². The van der Waals surface area contributed by atoms with E-state index >= 15 is 0 Å². The number of anilines is 1. The van der Waals surface area contributed by atoms with Crippen LogP contribution in [0.15, 0.2) is 23.1 Å². The molecule has 0 aromatic heterocycles. The van der Waals surface area contributed by atoms with Crippen LogP contribution in [0.5, 0.6) is 0 Å². The second-order valence-electron chi connectivity index (χ2n) is 4.93. The van der Waals surface area contributed by atoms with Gasteiger partial charge in [0.2, 0.25) is 0 Å². The highest BCUT2D eigenvalue weighted by Crippen LogP contribution is 2.18. The Morgan fingerprint density at radius 2 is 2.00 bits per heavy atom. The molecule has 1 aromatic rings. The minimum atomic E-state index is -3.42. The van der Waals surface area contributed by atoms with Gasteiger partial charge in [0, 0.05) is 31.1 Å². The number of benzene rings is 1. The van der Waals surface area contributed by atoms with Crippen molar-refractivity contribution in [3.05, 3.63) is 23.8 Å². The summed E-state index contributed by atoms with van der Waals surface area (Å²) in [5.74, 6) is -0.331. The van der Waals surface area contributed by atoms with Crippen LogP contribution in [0.2, 0.25) is 0 Å². The Kier molecular flexibility index (Phi) is 5.13. The third-order valence-corrected chi connectivity index (χ3v) is 3.92. The molecule has 112 valence electrons. The zero-order valence-corrected chi connectivity index (χ0v) is 12.6. The van der Waals surface area contributed by atoms with Gasteiger partial charge in [-0.05, 0) is 31.5 Å². The lowest BCUT2D eigenvalue weighted by Gasteiger charge is -2.18. The van der Waals surface area contributed by atoms with Gasteiger partial charge >= 0.3 is 0 Å². The molecule has 6 nitrogen and oxygen atoms in total. The van der Waals surface area contributed by atoms with Crippen molar-refractivity contribution in [1.29, 1.82) is 0 Å². The van der Waals surface area contributed by atoms with Crippen LogP contribution in [0, 0.1) is 0 Å². The molecular formula is C13H20N2O4S. The van der Waals surface area contributed by atoms with E-state index in [1.54, 1.807) is 14.0 Å². The van der Waals surface area contributed by atoms with Crippen molar-refractivity contribution in [3.63, 3.8) is 0 Å². The second-order valence-corrected chi connectivity index (χ2v) is 6.94. The lowest BCUT2D eigenvalue weighted by molar-refractivity contribution is 0.0769. The number of carbonyl (C=O) groups is 1. The maximum Gasteiger partial charge on any atom is 0.253 e. The van der Waals surface area contributed by atoms with Crippen molar-refractivity contribution in [2.24, 2.45) is 0 Å². The average Bonchev–Trinajstić information content (AvgIpc) is 2.33. The molecule has 3 N–H and O–H groups in total. The van der Waals surface area contributed by atoms with Gasteiger partial charge in [-0.15, -0.1) is 0 Å². The highest BCUT2D eigenvalue weighted by molar-refractivity contribution is 7.90. The number of rotatable bonds is 5. The lowest BCUT2D eigenvalue weighted by Crippen LogP contribution is -2.29. The smallest absolute Gasteiger partial charge is 0.253 e. The summed E-state index contributed by atoms with van der Waals surface area (Å²) in [6.07, 6.45) is 1.01. The van der Waals surface area contributed by atoms with Crippen LogP contribution in [0.1, 0.15) is 23.7 Å². The fourth-order valence-corrected chi connectivity index (χ4v) is 2.35. The number of carbonyl (C=O) groups excluding carboxylic acids is 1. The van der Waals surface area contributed by atoms with Crippen LogP contribution in [0.25, 0.3) is 0 Å². The lowest BCUT2D eigenvalue weighted by atomic mass is 10.1. The van der Waals surface area contributed by atoms with E-state index in [2.05, 4.69) is 0 Å². The topological polar surface area (TPSA) is 101 Å². The summed E-state index contributed by atoms with van der Waals surface area (Å²) >= 11 is 0.